The summed E-state index contributed by atoms with van der Waals surface area (Å²) in [5.41, 5.74) is 0.345. The molecule has 0 aromatic heterocycles. The van der Waals surface area contributed by atoms with Gasteiger partial charge in [-0.1, -0.05) is 12.1 Å². The van der Waals surface area contributed by atoms with E-state index in [9.17, 15) is 17.9 Å². The fraction of sp³-hybridized carbons (Fsp3) is 0.143. The molecule has 0 saturated carbocycles. The number of phenolic OH excluding ortho intramolecular Hbond substituents is 1. The van der Waals surface area contributed by atoms with Crippen molar-refractivity contribution in [2.45, 2.75) is 11.8 Å². The Bertz CT molecular complexity index is 699. The van der Waals surface area contributed by atoms with Gasteiger partial charge in [-0.15, -0.1) is 0 Å². The fourth-order valence-corrected chi connectivity index (χ4v) is 3.45. The molecule has 0 aliphatic rings. The first-order valence-corrected chi connectivity index (χ1v) is 7.47. The van der Waals surface area contributed by atoms with Gasteiger partial charge in [-0.3, -0.25) is 4.31 Å². The molecular formula is C14H14FNO3S. The molecule has 106 valence electrons. The van der Waals surface area contributed by atoms with Crippen molar-refractivity contribution in [3.05, 3.63) is 54.3 Å². The van der Waals surface area contributed by atoms with Gasteiger partial charge in [0.2, 0.25) is 0 Å². The molecule has 0 heterocycles. The molecule has 0 unspecified atom stereocenters. The number of rotatable bonds is 4. The molecule has 0 aliphatic heterocycles. The molecule has 0 amide bonds. The average molecular weight is 295 g/mol. The maximum Gasteiger partial charge on any atom is 0.267 e. The van der Waals surface area contributed by atoms with Gasteiger partial charge >= 0.3 is 0 Å². The number of sulfonamides is 1. The van der Waals surface area contributed by atoms with Crippen molar-refractivity contribution in [1.29, 1.82) is 0 Å². The minimum absolute atomic E-state index is 0.169. The molecule has 2 rings (SSSR count). The van der Waals surface area contributed by atoms with Gasteiger partial charge in [0.1, 0.15) is 16.5 Å². The lowest BCUT2D eigenvalue weighted by Gasteiger charge is -2.23. The molecular weight excluding hydrogens is 281 g/mol. The maximum absolute atomic E-state index is 12.9. The molecule has 0 aliphatic carbocycles. The van der Waals surface area contributed by atoms with Gasteiger partial charge in [0.25, 0.3) is 10.0 Å². The van der Waals surface area contributed by atoms with Crippen molar-refractivity contribution in [1.82, 2.24) is 0 Å². The number of nitrogens with zero attached hydrogens (tertiary/aromatic N) is 1. The molecule has 0 bridgehead atoms. The Morgan fingerprint density at radius 2 is 1.70 bits per heavy atom. The molecule has 2 aromatic rings. The average Bonchev–Trinajstić information content (AvgIpc) is 2.42. The second kappa shape index (κ2) is 5.50. The van der Waals surface area contributed by atoms with E-state index in [1.165, 1.54) is 42.5 Å². The summed E-state index contributed by atoms with van der Waals surface area (Å²) >= 11 is 0. The van der Waals surface area contributed by atoms with Gasteiger partial charge in [0, 0.05) is 6.54 Å². The molecule has 0 radical (unpaired) electrons. The predicted octanol–water partition coefficient (Wildman–Crippen LogP) is 2.75. The fourth-order valence-electron chi connectivity index (χ4n) is 1.89. The summed E-state index contributed by atoms with van der Waals surface area (Å²) in [6, 6.07) is 10.9. The Morgan fingerprint density at radius 1 is 1.10 bits per heavy atom. The number of halogens is 1. The lowest BCUT2D eigenvalue weighted by atomic mass is 10.3. The first kappa shape index (κ1) is 14.3. The largest absolute Gasteiger partial charge is 0.507 e. The predicted molar refractivity (Wildman–Crippen MR) is 74.7 cm³/mol. The quantitative estimate of drug-likeness (QED) is 0.943. The minimum atomic E-state index is -3.89. The first-order valence-electron chi connectivity index (χ1n) is 6.03. The molecule has 20 heavy (non-hydrogen) atoms. The Labute approximate surface area is 117 Å². The highest BCUT2D eigenvalue weighted by Gasteiger charge is 2.26. The molecule has 2 aromatic carbocycles. The van der Waals surface area contributed by atoms with E-state index in [2.05, 4.69) is 0 Å². The number of benzene rings is 2. The van der Waals surface area contributed by atoms with Crippen LogP contribution in [0.2, 0.25) is 0 Å². The SMILES string of the molecule is CCN(c1ccc(F)cc1)S(=O)(=O)c1ccccc1O. The van der Waals surface area contributed by atoms with Crippen molar-refractivity contribution in [2.24, 2.45) is 0 Å². The minimum Gasteiger partial charge on any atom is -0.507 e. The summed E-state index contributed by atoms with van der Waals surface area (Å²) in [7, 11) is -3.89. The van der Waals surface area contributed by atoms with Gasteiger partial charge in [0.15, 0.2) is 0 Å². The van der Waals surface area contributed by atoms with Crippen LogP contribution in [0.1, 0.15) is 6.92 Å². The highest BCUT2D eigenvalue weighted by molar-refractivity contribution is 7.93. The smallest absolute Gasteiger partial charge is 0.267 e. The number of para-hydroxylation sites is 1. The number of hydrogen-bond donors (Lipinski definition) is 1. The van der Waals surface area contributed by atoms with Crippen LogP contribution in [0.4, 0.5) is 10.1 Å². The monoisotopic (exact) mass is 295 g/mol. The van der Waals surface area contributed by atoms with Crippen molar-refractivity contribution in [3.8, 4) is 5.75 Å². The Morgan fingerprint density at radius 3 is 2.25 bits per heavy atom. The zero-order valence-corrected chi connectivity index (χ0v) is 11.6. The van der Waals surface area contributed by atoms with Gasteiger partial charge in [-0.2, -0.15) is 0 Å². The summed E-state index contributed by atoms with van der Waals surface area (Å²) < 4.78 is 39.1. The molecule has 6 heteroatoms. The van der Waals surface area contributed by atoms with Crippen LogP contribution in [0.5, 0.6) is 5.75 Å². The van der Waals surface area contributed by atoms with Gasteiger partial charge in [-0.25, -0.2) is 12.8 Å². The standard InChI is InChI=1S/C14H14FNO3S/c1-2-16(12-9-7-11(15)8-10-12)20(18,19)14-6-4-3-5-13(14)17/h3-10,17H,2H2,1H3. The Kier molecular flexibility index (Phi) is 3.94. The molecule has 4 nitrogen and oxygen atoms in total. The zero-order chi connectivity index (χ0) is 14.8. The van der Waals surface area contributed by atoms with Gasteiger partial charge in [0.05, 0.1) is 5.69 Å². The van der Waals surface area contributed by atoms with Crippen LogP contribution in [0.15, 0.2) is 53.4 Å². The van der Waals surface area contributed by atoms with Crippen LogP contribution in [0, 0.1) is 5.82 Å². The lowest BCUT2D eigenvalue weighted by molar-refractivity contribution is 0.458. The highest BCUT2D eigenvalue weighted by Crippen LogP contribution is 2.28. The summed E-state index contributed by atoms with van der Waals surface area (Å²) in [4.78, 5) is -0.175. The molecule has 1 N–H and O–H groups in total. The molecule has 0 spiro atoms. The van der Waals surface area contributed by atoms with Crippen LogP contribution in [-0.4, -0.2) is 20.1 Å². The summed E-state index contributed by atoms with van der Waals surface area (Å²) in [6.07, 6.45) is 0. The van der Waals surface area contributed by atoms with Crippen LogP contribution >= 0.6 is 0 Å². The van der Waals surface area contributed by atoms with Crippen LogP contribution < -0.4 is 4.31 Å². The Hall–Kier alpha value is -2.08. The highest BCUT2D eigenvalue weighted by atomic mass is 32.2. The second-order valence-corrected chi connectivity index (χ2v) is 5.94. The number of aromatic hydroxyl groups is 1. The van der Waals surface area contributed by atoms with E-state index in [0.717, 1.165) is 4.31 Å². The van der Waals surface area contributed by atoms with Crippen molar-refractivity contribution >= 4 is 15.7 Å². The van der Waals surface area contributed by atoms with Crippen LogP contribution in [-0.2, 0) is 10.0 Å². The summed E-state index contributed by atoms with van der Waals surface area (Å²) in [6.45, 7) is 1.84. The van der Waals surface area contributed by atoms with E-state index in [1.807, 2.05) is 0 Å². The van der Waals surface area contributed by atoms with E-state index < -0.39 is 15.8 Å². The van der Waals surface area contributed by atoms with Crippen molar-refractivity contribution in [2.75, 3.05) is 10.8 Å². The van der Waals surface area contributed by atoms with Crippen LogP contribution in [0.3, 0.4) is 0 Å². The number of phenols is 1. The van der Waals surface area contributed by atoms with Gasteiger partial charge in [-0.05, 0) is 43.3 Å². The van der Waals surface area contributed by atoms with Gasteiger partial charge < -0.3 is 5.11 Å². The maximum atomic E-state index is 12.9. The third-order valence-electron chi connectivity index (χ3n) is 2.84. The van der Waals surface area contributed by atoms with E-state index in [1.54, 1.807) is 13.0 Å². The first-order chi connectivity index (χ1) is 9.46. The second-order valence-electron chi connectivity index (χ2n) is 4.11. The Balaban J connectivity index is 2.51. The summed E-state index contributed by atoms with van der Waals surface area (Å²) in [5, 5.41) is 9.72. The molecule has 0 atom stereocenters. The third-order valence-corrected chi connectivity index (χ3v) is 4.79. The third kappa shape index (κ3) is 2.60. The lowest BCUT2D eigenvalue weighted by Crippen LogP contribution is -2.30. The van der Waals surface area contributed by atoms with E-state index in [0.29, 0.717) is 5.69 Å². The van der Waals surface area contributed by atoms with E-state index in [-0.39, 0.29) is 17.2 Å². The van der Waals surface area contributed by atoms with Crippen LogP contribution in [0.25, 0.3) is 0 Å². The topological polar surface area (TPSA) is 57.6 Å². The molecule has 0 saturated heterocycles. The van der Waals surface area contributed by atoms with E-state index >= 15 is 0 Å². The number of anilines is 1. The zero-order valence-electron chi connectivity index (χ0n) is 10.8. The molecule has 0 fully saturated rings. The van der Waals surface area contributed by atoms with Crippen molar-refractivity contribution < 1.29 is 17.9 Å². The number of hydrogen-bond acceptors (Lipinski definition) is 3. The normalized spacial score (nSPS) is 11.3. The van der Waals surface area contributed by atoms with E-state index in [4.69, 9.17) is 0 Å². The van der Waals surface area contributed by atoms with Crippen molar-refractivity contribution in [3.63, 3.8) is 0 Å². The summed E-state index contributed by atoms with van der Waals surface area (Å²) in [5.74, 6) is -0.752.